The largest absolute Gasteiger partial charge is 0.496 e. The van der Waals surface area contributed by atoms with Crippen LogP contribution in [0.5, 0.6) is 5.75 Å². The van der Waals surface area contributed by atoms with Crippen molar-refractivity contribution < 1.29 is 19.0 Å². The Bertz CT molecular complexity index is 657. The molecule has 0 atom stereocenters. The van der Waals surface area contributed by atoms with Gasteiger partial charge in [-0.15, -0.1) is 0 Å². The van der Waals surface area contributed by atoms with Gasteiger partial charge in [0, 0.05) is 5.56 Å². The second kappa shape index (κ2) is 4.89. The lowest BCUT2D eigenvalue weighted by Crippen LogP contribution is -2.22. The van der Waals surface area contributed by atoms with Crippen molar-refractivity contribution in [3.8, 4) is 5.75 Å². The maximum absolute atomic E-state index is 11.3. The molecule has 0 bridgehead atoms. The molecule has 1 aliphatic rings. The fourth-order valence-electron chi connectivity index (χ4n) is 2.60. The molecule has 0 radical (unpaired) electrons. The van der Waals surface area contributed by atoms with Crippen LogP contribution in [0.3, 0.4) is 0 Å². The number of rotatable bonds is 3. The molecule has 0 saturated carbocycles. The van der Waals surface area contributed by atoms with Gasteiger partial charge in [-0.3, -0.25) is 4.79 Å². The zero-order valence-electron chi connectivity index (χ0n) is 11.5. The minimum Gasteiger partial charge on any atom is -0.496 e. The summed E-state index contributed by atoms with van der Waals surface area (Å²) in [5.41, 5.74) is 1.51. The highest BCUT2D eigenvalue weighted by Gasteiger charge is 2.33. The van der Waals surface area contributed by atoms with E-state index in [0.717, 1.165) is 22.6 Å². The van der Waals surface area contributed by atoms with E-state index in [1.54, 1.807) is 13.2 Å². The van der Waals surface area contributed by atoms with Crippen LogP contribution in [-0.4, -0.2) is 26.6 Å². The Kier molecular flexibility index (Phi) is 3.20. The number of carbonyl (C=O) groups excluding carboxylic acids is 1. The molecule has 104 valence electrons. The fourth-order valence-corrected chi connectivity index (χ4v) is 2.60. The lowest BCUT2D eigenvalue weighted by atomic mass is 9.98. The SMILES string of the molecule is COc1ccc2cc(C3(C)OCCO3)ccc2c1C=O. The van der Waals surface area contributed by atoms with Crippen LogP contribution >= 0.6 is 0 Å². The quantitative estimate of drug-likeness (QED) is 0.806. The number of methoxy groups -OCH3 is 1. The number of fused-ring (bicyclic) bond motifs is 1. The van der Waals surface area contributed by atoms with Gasteiger partial charge in [0.15, 0.2) is 12.1 Å². The first-order valence-corrected chi connectivity index (χ1v) is 6.52. The molecule has 0 spiro atoms. The summed E-state index contributed by atoms with van der Waals surface area (Å²) < 4.78 is 16.5. The summed E-state index contributed by atoms with van der Waals surface area (Å²) in [4.78, 5) is 11.3. The first-order chi connectivity index (χ1) is 9.68. The van der Waals surface area contributed by atoms with Crippen LogP contribution in [-0.2, 0) is 15.3 Å². The van der Waals surface area contributed by atoms with Crippen molar-refractivity contribution in [2.24, 2.45) is 0 Å². The van der Waals surface area contributed by atoms with Gasteiger partial charge in [0.1, 0.15) is 5.75 Å². The smallest absolute Gasteiger partial charge is 0.192 e. The van der Waals surface area contributed by atoms with Crippen LogP contribution in [0.1, 0.15) is 22.8 Å². The number of carbonyl (C=O) groups is 1. The molecule has 1 fully saturated rings. The Labute approximate surface area is 117 Å². The lowest BCUT2D eigenvalue weighted by molar-refractivity contribution is -0.149. The number of aldehydes is 1. The third kappa shape index (κ3) is 1.97. The third-order valence-corrected chi connectivity index (χ3v) is 3.72. The van der Waals surface area contributed by atoms with E-state index < -0.39 is 5.79 Å². The minimum absolute atomic E-state index is 0.565. The molecular weight excluding hydrogens is 256 g/mol. The number of hydrogen-bond acceptors (Lipinski definition) is 4. The Hall–Kier alpha value is -1.91. The molecule has 0 unspecified atom stereocenters. The minimum atomic E-state index is -0.699. The zero-order chi connectivity index (χ0) is 14.2. The van der Waals surface area contributed by atoms with Gasteiger partial charge in [0.05, 0.1) is 25.9 Å². The van der Waals surface area contributed by atoms with E-state index >= 15 is 0 Å². The van der Waals surface area contributed by atoms with E-state index in [1.165, 1.54) is 0 Å². The van der Waals surface area contributed by atoms with Crippen molar-refractivity contribution in [2.45, 2.75) is 12.7 Å². The molecule has 3 rings (SSSR count). The molecule has 1 saturated heterocycles. The van der Waals surface area contributed by atoms with Gasteiger partial charge in [-0.2, -0.15) is 0 Å². The van der Waals surface area contributed by atoms with E-state index in [2.05, 4.69) is 0 Å². The van der Waals surface area contributed by atoms with Crippen LogP contribution < -0.4 is 4.74 Å². The van der Waals surface area contributed by atoms with E-state index in [9.17, 15) is 4.79 Å². The average Bonchev–Trinajstić information content (AvgIpc) is 2.93. The molecule has 0 aliphatic carbocycles. The zero-order valence-corrected chi connectivity index (χ0v) is 11.5. The van der Waals surface area contributed by atoms with E-state index in [4.69, 9.17) is 14.2 Å². The first kappa shape index (κ1) is 13.1. The van der Waals surface area contributed by atoms with Crippen molar-refractivity contribution in [3.63, 3.8) is 0 Å². The molecule has 2 aromatic rings. The number of ether oxygens (including phenoxy) is 3. The Morgan fingerprint density at radius 2 is 1.95 bits per heavy atom. The van der Waals surface area contributed by atoms with Crippen molar-refractivity contribution in [1.82, 2.24) is 0 Å². The van der Waals surface area contributed by atoms with E-state index in [-0.39, 0.29) is 0 Å². The van der Waals surface area contributed by atoms with Gasteiger partial charge in [0.25, 0.3) is 0 Å². The van der Waals surface area contributed by atoms with Gasteiger partial charge >= 0.3 is 0 Å². The topological polar surface area (TPSA) is 44.8 Å². The highest BCUT2D eigenvalue weighted by molar-refractivity contribution is 6.01. The lowest BCUT2D eigenvalue weighted by Gasteiger charge is -2.23. The average molecular weight is 272 g/mol. The maximum Gasteiger partial charge on any atom is 0.192 e. The fraction of sp³-hybridized carbons (Fsp3) is 0.312. The molecule has 1 aliphatic heterocycles. The Morgan fingerprint density at radius 1 is 1.20 bits per heavy atom. The van der Waals surface area contributed by atoms with E-state index in [0.29, 0.717) is 24.5 Å². The molecule has 0 N–H and O–H groups in total. The van der Waals surface area contributed by atoms with Gasteiger partial charge in [0.2, 0.25) is 0 Å². The number of benzene rings is 2. The van der Waals surface area contributed by atoms with Crippen LogP contribution in [0.15, 0.2) is 30.3 Å². The van der Waals surface area contributed by atoms with Crippen molar-refractivity contribution >= 4 is 17.1 Å². The second-order valence-electron chi connectivity index (χ2n) is 4.88. The summed E-state index contributed by atoms with van der Waals surface area (Å²) in [5.74, 6) is -0.116. The summed E-state index contributed by atoms with van der Waals surface area (Å²) in [6.07, 6.45) is 0.825. The van der Waals surface area contributed by atoms with Gasteiger partial charge in [-0.05, 0) is 29.8 Å². The molecular formula is C16H16O4. The van der Waals surface area contributed by atoms with Gasteiger partial charge in [-0.25, -0.2) is 0 Å². The summed E-state index contributed by atoms with van der Waals surface area (Å²) in [5, 5.41) is 1.83. The molecule has 4 nitrogen and oxygen atoms in total. The number of hydrogen-bond donors (Lipinski definition) is 0. The van der Waals surface area contributed by atoms with Gasteiger partial charge in [-0.1, -0.05) is 18.2 Å². The molecule has 0 amide bonds. The van der Waals surface area contributed by atoms with Crippen LogP contribution in [0.25, 0.3) is 10.8 Å². The van der Waals surface area contributed by atoms with Crippen LogP contribution in [0.2, 0.25) is 0 Å². The normalized spacial score (nSPS) is 17.3. The summed E-state index contributed by atoms with van der Waals surface area (Å²) in [6.45, 7) is 3.10. The third-order valence-electron chi connectivity index (χ3n) is 3.72. The summed E-state index contributed by atoms with van der Waals surface area (Å²) in [6, 6.07) is 9.57. The van der Waals surface area contributed by atoms with E-state index in [1.807, 2.05) is 31.2 Å². The monoisotopic (exact) mass is 272 g/mol. The summed E-state index contributed by atoms with van der Waals surface area (Å²) in [7, 11) is 1.56. The van der Waals surface area contributed by atoms with Gasteiger partial charge < -0.3 is 14.2 Å². The highest BCUT2D eigenvalue weighted by Crippen LogP contribution is 2.34. The maximum atomic E-state index is 11.3. The van der Waals surface area contributed by atoms with Crippen LogP contribution in [0, 0.1) is 0 Å². The van der Waals surface area contributed by atoms with Crippen LogP contribution in [0.4, 0.5) is 0 Å². The molecule has 4 heteroatoms. The molecule has 1 heterocycles. The van der Waals surface area contributed by atoms with Crippen molar-refractivity contribution in [2.75, 3.05) is 20.3 Å². The Balaban J connectivity index is 2.15. The standard InChI is InChI=1S/C16H16O4/c1-16(19-7-8-20-16)12-4-5-13-11(9-12)3-6-15(18-2)14(13)10-17/h3-6,9-10H,7-8H2,1-2H3. The molecule has 0 aromatic heterocycles. The predicted octanol–water partition coefficient (Wildman–Crippen LogP) is 2.88. The van der Waals surface area contributed by atoms with Crippen molar-refractivity contribution in [1.29, 1.82) is 0 Å². The molecule has 2 aromatic carbocycles. The Morgan fingerprint density at radius 3 is 2.60 bits per heavy atom. The first-order valence-electron chi connectivity index (χ1n) is 6.52. The summed E-state index contributed by atoms with van der Waals surface area (Å²) >= 11 is 0. The highest BCUT2D eigenvalue weighted by atomic mass is 16.7. The predicted molar refractivity (Wildman–Crippen MR) is 75.1 cm³/mol. The second-order valence-corrected chi connectivity index (χ2v) is 4.88. The molecule has 20 heavy (non-hydrogen) atoms. The van der Waals surface area contributed by atoms with Crippen molar-refractivity contribution in [3.05, 3.63) is 41.5 Å².